The van der Waals surface area contributed by atoms with Crippen molar-refractivity contribution in [3.8, 4) is 11.1 Å². The molecule has 0 N–H and O–H groups in total. The Morgan fingerprint density at radius 1 is 0.542 bits per heavy atom. The number of halogens is 2. The summed E-state index contributed by atoms with van der Waals surface area (Å²) in [4.78, 5) is 0. The molecule has 5 rings (SSSR count). The molecule has 0 aromatic heterocycles. The van der Waals surface area contributed by atoms with Crippen molar-refractivity contribution in [1.29, 1.82) is 0 Å². The maximum atomic E-state index is 2.40. The van der Waals surface area contributed by atoms with E-state index in [0.29, 0.717) is 3.63 Å². The van der Waals surface area contributed by atoms with Crippen molar-refractivity contribution < 1.29 is 49.5 Å². The Bertz CT molecular complexity index is 971. The van der Waals surface area contributed by atoms with Crippen LogP contribution in [0.4, 0.5) is 0 Å². The van der Waals surface area contributed by atoms with Gasteiger partial charge in [-0.2, -0.15) is 0 Å². The second-order valence-electron chi connectivity index (χ2n) is 6.01. The number of fused-ring (bicyclic) bond motifs is 5. The molecule has 0 saturated carbocycles. The molecule has 0 aliphatic heterocycles. The molecule has 1 aliphatic rings. The molecule has 0 nitrogen and oxygen atoms in total. The van der Waals surface area contributed by atoms with Crippen LogP contribution in [0.2, 0.25) is 0 Å². The first kappa shape index (κ1) is 17.7. The minimum absolute atomic E-state index is 0. The predicted octanol–water partition coefficient (Wildman–Crippen LogP) is -0.382. The van der Waals surface area contributed by atoms with Crippen molar-refractivity contribution in [2.24, 2.45) is 0 Å². The number of rotatable bonds is 0. The van der Waals surface area contributed by atoms with Crippen molar-refractivity contribution in [2.75, 3.05) is 0 Å². The Morgan fingerprint density at radius 2 is 0.875 bits per heavy atom. The van der Waals surface area contributed by atoms with E-state index in [9.17, 15) is 0 Å². The molecule has 0 atom stereocenters. The zero-order valence-corrected chi connectivity index (χ0v) is 16.7. The van der Waals surface area contributed by atoms with Gasteiger partial charge in [0.15, 0.2) is 0 Å². The summed E-state index contributed by atoms with van der Waals surface area (Å²) in [6.07, 6.45) is 0. The average Bonchev–Trinajstić information content (AvgIpc) is 2.83. The summed E-state index contributed by atoms with van der Waals surface area (Å²) in [6, 6.07) is 26.9. The quantitative estimate of drug-likeness (QED) is 0.359. The maximum absolute atomic E-state index is 2.40. The van der Waals surface area contributed by atoms with E-state index in [1.807, 2.05) is 0 Å². The van der Waals surface area contributed by atoms with Gasteiger partial charge < -0.3 is 24.8 Å². The second kappa shape index (κ2) is 6.64. The van der Waals surface area contributed by atoms with Crippen LogP contribution in [0.1, 0.15) is 14.8 Å². The zero-order chi connectivity index (χ0) is 14.7. The van der Waals surface area contributed by atoms with Gasteiger partial charge in [-0.15, -0.1) is 0 Å². The summed E-state index contributed by atoms with van der Waals surface area (Å²) in [5.74, 6) is 0. The average molecular weight is 427 g/mol. The summed E-state index contributed by atoms with van der Waals surface area (Å²) in [7, 11) is 0. The first-order chi connectivity index (χ1) is 10.8. The predicted molar refractivity (Wildman–Crippen MR) is 88.7 cm³/mol. The van der Waals surface area contributed by atoms with Crippen LogP contribution < -0.4 is 24.8 Å². The first-order valence-electron chi connectivity index (χ1n) is 7.58. The van der Waals surface area contributed by atoms with Crippen LogP contribution in [-0.2, 0) is 24.7 Å². The van der Waals surface area contributed by atoms with Gasteiger partial charge in [0.2, 0.25) is 0 Å². The summed E-state index contributed by atoms with van der Waals surface area (Å²) in [6.45, 7) is 0. The van der Waals surface area contributed by atoms with Crippen LogP contribution >= 0.6 is 0 Å². The Hall–Kier alpha value is -1.14. The van der Waals surface area contributed by atoms with E-state index < -0.39 is 0 Å². The molecule has 0 radical (unpaired) electrons. The van der Waals surface area contributed by atoms with Crippen LogP contribution in [0.5, 0.6) is 0 Å². The van der Waals surface area contributed by atoms with E-state index >= 15 is 0 Å². The molecule has 4 aromatic rings. The zero-order valence-electron chi connectivity index (χ0n) is 12.8. The summed E-state index contributed by atoms with van der Waals surface area (Å²) < 4.78 is 0.561. The molecule has 0 amide bonds. The van der Waals surface area contributed by atoms with Gasteiger partial charge in [-0.3, -0.25) is 0 Å². The monoisotopic (exact) mass is 425 g/mol. The van der Waals surface area contributed by atoms with E-state index in [-0.39, 0.29) is 24.8 Å². The molecule has 24 heavy (non-hydrogen) atoms. The first-order valence-corrected chi connectivity index (χ1v) is 9.00. The van der Waals surface area contributed by atoms with Gasteiger partial charge >= 0.3 is 145 Å². The Labute approximate surface area is 168 Å². The van der Waals surface area contributed by atoms with Crippen LogP contribution in [0.3, 0.4) is 0 Å². The van der Waals surface area contributed by atoms with E-state index in [2.05, 4.69) is 72.8 Å². The molecule has 0 fully saturated rings. The molecule has 0 unspecified atom stereocenters. The van der Waals surface area contributed by atoms with Gasteiger partial charge in [0.05, 0.1) is 0 Å². The molecule has 1 aliphatic carbocycles. The van der Waals surface area contributed by atoms with Crippen molar-refractivity contribution in [1.82, 2.24) is 0 Å². The van der Waals surface area contributed by atoms with Gasteiger partial charge in [0.25, 0.3) is 0 Å². The normalized spacial score (nSPS) is 12.4. The molecule has 0 spiro atoms. The van der Waals surface area contributed by atoms with Crippen LogP contribution in [-0.4, -0.2) is 0 Å². The molecule has 3 heteroatoms. The minimum atomic E-state index is 0. The van der Waals surface area contributed by atoms with E-state index in [0.717, 1.165) is 0 Å². The third-order valence-electron chi connectivity index (χ3n) is 4.75. The van der Waals surface area contributed by atoms with Crippen molar-refractivity contribution in [3.05, 3.63) is 83.9 Å². The molecule has 0 heterocycles. The van der Waals surface area contributed by atoms with Gasteiger partial charge in [0, 0.05) is 0 Å². The molecule has 0 saturated heterocycles. The van der Waals surface area contributed by atoms with E-state index in [1.54, 1.807) is 24.7 Å². The van der Waals surface area contributed by atoms with Crippen molar-refractivity contribution in [2.45, 2.75) is 3.63 Å². The van der Waals surface area contributed by atoms with Crippen molar-refractivity contribution in [3.63, 3.8) is 0 Å². The summed E-state index contributed by atoms with van der Waals surface area (Å²) in [5.41, 5.74) is 5.87. The third kappa shape index (κ3) is 2.55. The van der Waals surface area contributed by atoms with E-state index in [1.165, 1.54) is 43.8 Å². The van der Waals surface area contributed by atoms with Gasteiger partial charge in [0.1, 0.15) is 0 Å². The molecule has 4 aromatic carbocycles. The second-order valence-corrected chi connectivity index (χ2v) is 7.43. The van der Waals surface area contributed by atoms with Crippen LogP contribution in [0.15, 0.2) is 72.8 Å². The van der Waals surface area contributed by atoms with E-state index in [4.69, 9.17) is 0 Å². The van der Waals surface area contributed by atoms with Crippen LogP contribution in [0, 0.1) is 0 Å². The fourth-order valence-corrected chi connectivity index (χ4v) is 4.80. The molecule has 115 valence electrons. The van der Waals surface area contributed by atoms with Gasteiger partial charge in [-0.05, 0) is 0 Å². The third-order valence-corrected chi connectivity index (χ3v) is 6.28. The summed E-state index contributed by atoms with van der Waals surface area (Å²) in [5, 5.41) is 5.38. The van der Waals surface area contributed by atoms with Crippen LogP contribution in [0.25, 0.3) is 32.7 Å². The Balaban J connectivity index is 0.000000845. The van der Waals surface area contributed by atoms with Gasteiger partial charge in [-0.1, -0.05) is 0 Å². The fourth-order valence-electron chi connectivity index (χ4n) is 3.63. The molecular formula is C21H13Cl2Zr. The fraction of sp³-hybridized carbons (Fsp3) is 0.0476. The molecular weight excluding hydrogens is 414 g/mol. The number of hydrogen-bond donors (Lipinski definition) is 0. The number of benzene rings is 4. The SMILES string of the molecule is [Cl-].[Cl-].[Zr+2][CH]1c2cc3ccccc3cc2-c2cc3ccccc3cc21. The number of hydrogen-bond acceptors (Lipinski definition) is 0. The summed E-state index contributed by atoms with van der Waals surface area (Å²) >= 11 is 1.57. The molecule has 0 bridgehead atoms. The van der Waals surface area contributed by atoms with Crippen molar-refractivity contribution >= 4 is 21.5 Å². The standard InChI is InChI=1S/C21H13.2ClH.Zr/c1-3-7-16-12-20-18(9-14(16)5-1)11-19-10-15-6-2-4-8-17(15)13-21(19)20;;;/h1-13H;2*1H;/q;;;+2/p-2. The Morgan fingerprint density at radius 3 is 1.25 bits per heavy atom. The Kier molecular flexibility index (Phi) is 4.89. The van der Waals surface area contributed by atoms with Gasteiger partial charge in [-0.25, -0.2) is 0 Å². The topological polar surface area (TPSA) is 0 Å².